The van der Waals surface area contributed by atoms with Gasteiger partial charge in [-0.2, -0.15) is 0 Å². The third-order valence-corrected chi connectivity index (χ3v) is 3.44. The molecular formula is C13H27NO2. The van der Waals surface area contributed by atoms with E-state index in [1.54, 1.807) is 0 Å². The van der Waals surface area contributed by atoms with Gasteiger partial charge >= 0.3 is 0 Å². The highest BCUT2D eigenvalue weighted by molar-refractivity contribution is 4.86. The van der Waals surface area contributed by atoms with Gasteiger partial charge in [0.25, 0.3) is 0 Å². The van der Waals surface area contributed by atoms with Gasteiger partial charge in [-0.3, -0.25) is 0 Å². The molecule has 0 aromatic carbocycles. The zero-order chi connectivity index (χ0) is 12.0. The van der Waals surface area contributed by atoms with Crippen molar-refractivity contribution < 1.29 is 9.47 Å². The Kier molecular flexibility index (Phi) is 5.73. The van der Waals surface area contributed by atoms with Crippen molar-refractivity contribution in [1.29, 1.82) is 0 Å². The Labute approximate surface area is 99.9 Å². The normalized spacial score (nSPS) is 32.6. The summed E-state index contributed by atoms with van der Waals surface area (Å²) in [6, 6.07) is 1.01. The molecule has 0 aliphatic carbocycles. The Balaban J connectivity index is 2.31. The molecule has 1 N–H and O–H groups in total. The molecule has 0 bridgehead atoms. The maximum atomic E-state index is 5.84. The molecular weight excluding hydrogens is 202 g/mol. The van der Waals surface area contributed by atoms with Crippen LogP contribution >= 0.6 is 0 Å². The van der Waals surface area contributed by atoms with E-state index in [1.165, 1.54) is 0 Å². The van der Waals surface area contributed by atoms with E-state index in [2.05, 4.69) is 26.1 Å². The van der Waals surface area contributed by atoms with E-state index in [9.17, 15) is 0 Å². The van der Waals surface area contributed by atoms with Crippen LogP contribution < -0.4 is 5.32 Å². The highest BCUT2D eigenvalue weighted by Gasteiger charge is 2.31. The summed E-state index contributed by atoms with van der Waals surface area (Å²) in [5.74, 6) is 0. The van der Waals surface area contributed by atoms with E-state index in [4.69, 9.17) is 9.47 Å². The Bertz CT molecular complexity index is 198. The van der Waals surface area contributed by atoms with Crippen LogP contribution in [0.25, 0.3) is 0 Å². The fourth-order valence-corrected chi connectivity index (χ4v) is 2.26. The summed E-state index contributed by atoms with van der Waals surface area (Å²) >= 11 is 0. The smallest absolute Gasteiger partial charge is 0.0666 e. The van der Waals surface area contributed by atoms with Crippen LogP contribution in [0.3, 0.4) is 0 Å². The lowest BCUT2D eigenvalue weighted by atomic mass is 9.89. The number of hydrogen-bond donors (Lipinski definition) is 1. The molecule has 3 atom stereocenters. The number of rotatable bonds is 6. The molecule has 0 aromatic rings. The number of nitrogens with one attached hydrogen (secondary N) is 1. The van der Waals surface area contributed by atoms with Crippen molar-refractivity contribution >= 4 is 0 Å². The first-order valence-corrected chi connectivity index (χ1v) is 6.57. The minimum Gasteiger partial charge on any atom is -0.380 e. The Morgan fingerprint density at radius 2 is 2.25 bits per heavy atom. The molecule has 96 valence electrons. The second-order valence-electron chi connectivity index (χ2n) is 5.07. The van der Waals surface area contributed by atoms with Crippen LogP contribution in [0, 0.1) is 0 Å². The van der Waals surface area contributed by atoms with Crippen molar-refractivity contribution in [2.75, 3.05) is 19.8 Å². The van der Waals surface area contributed by atoms with Gasteiger partial charge < -0.3 is 14.8 Å². The molecule has 1 saturated heterocycles. The summed E-state index contributed by atoms with van der Waals surface area (Å²) < 4.78 is 11.3. The van der Waals surface area contributed by atoms with Gasteiger partial charge in [0, 0.05) is 25.3 Å². The standard InChI is InChI=1S/C13H27NO2/c1-5-13(4)9-12(7-8-16-13)14-11(3)10-15-6-2/h11-12,14H,5-10H2,1-4H3. The molecule has 0 aromatic heterocycles. The van der Waals surface area contributed by atoms with Gasteiger partial charge in [-0.05, 0) is 40.0 Å². The van der Waals surface area contributed by atoms with Crippen LogP contribution in [-0.2, 0) is 9.47 Å². The first-order valence-electron chi connectivity index (χ1n) is 6.57. The SMILES string of the molecule is CCOCC(C)NC1CCOC(C)(CC)C1. The van der Waals surface area contributed by atoms with Gasteiger partial charge in [-0.25, -0.2) is 0 Å². The first-order chi connectivity index (χ1) is 7.59. The summed E-state index contributed by atoms with van der Waals surface area (Å²) in [7, 11) is 0. The summed E-state index contributed by atoms with van der Waals surface area (Å²) in [4.78, 5) is 0. The number of ether oxygens (including phenoxy) is 2. The van der Waals surface area contributed by atoms with Crippen LogP contribution in [-0.4, -0.2) is 37.5 Å². The summed E-state index contributed by atoms with van der Waals surface area (Å²) in [5.41, 5.74) is 0.0707. The van der Waals surface area contributed by atoms with Crippen molar-refractivity contribution in [3.63, 3.8) is 0 Å². The van der Waals surface area contributed by atoms with Crippen LogP contribution in [0.15, 0.2) is 0 Å². The minimum atomic E-state index is 0.0707. The highest BCUT2D eigenvalue weighted by atomic mass is 16.5. The molecule has 0 amide bonds. The molecule has 0 saturated carbocycles. The van der Waals surface area contributed by atoms with Gasteiger partial charge in [0.1, 0.15) is 0 Å². The van der Waals surface area contributed by atoms with Crippen molar-refractivity contribution in [1.82, 2.24) is 5.32 Å². The summed E-state index contributed by atoms with van der Waals surface area (Å²) in [6.45, 7) is 11.1. The quantitative estimate of drug-likeness (QED) is 0.758. The molecule has 1 fully saturated rings. The Morgan fingerprint density at radius 1 is 1.50 bits per heavy atom. The molecule has 1 aliphatic heterocycles. The molecule has 1 heterocycles. The predicted octanol–water partition coefficient (Wildman–Crippen LogP) is 2.35. The van der Waals surface area contributed by atoms with Gasteiger partial charge in [0.05, 0.1) is 12.2 Å². The lowest BCUT2D eigenvalue weighted by Gasteiger charge is -2.39. The average molecular weight is 229 g/mol. The highest BCUT2D eigenvalue weighted by Crippen LogP contribution is 2.27. The average Bonchev–Trinajstić information content (AvgIpc) is 2.26. The predicted molar refractivity (Wildman–Crippen MR) is 66.8 cm³/mol. The third kappa shape index (κ3) is 4.40. The molecule has 3 nitrogen and oxygen atoms in total. The number of hydrogen-bond acceptors (Lipinski definition) is 3. The summed E-state index contributed by atoms with van der Waals surface area (Å²) in [5, 5.41) is 3.64. The maximum absolute atomic E-state index is 5.84. The second-order valence-corrected chi connectivity index (χ2v) is 5.07. The lowest BCUT2D eigenvalue weighted by Crippen LogP contribution is -2.48. The summed E-state index contributed by atoms with van der Waals surface area (Å²) in [6.07, 6.45) is 3.32. The fraction of sp³-hybridized carbons (Fsp3) is 1.00. The van der Waals surface area contributed by atoms with E-state index in [1.807, 2.05) is 6.92 Å². The van der Waals surface area contributed by atoms with E-state index in [-0.39, 0.29) is 5.60 Å². The maximum Gasteiger partial charge on any atom is 0.0666 e. The van der Waals surface area contributed by atoms with E-state index in [0.29, 0.717) is 12.1 Å². The van der Waals surface area contributed by atoms with Gasteiger partial charge in [0.2, 0.25) is 0 Å². The van der Waals surface area contributed by atoms with E-state index < -0.39 is 0 Å². The van der Waals surface area contributed by atoms with Crippen LogP contribution in [0.2, 0.25) is 0 Å². The topological polar surface area (TPSA) is 30.5 Å². The largest absolute Gasteiger partial charge is 0.380 e. The fourth-order valence-electron chi connectivity index (χ4n) is 2.26. The Hall–Kier alpha value is -0.120. The first kappa shape index (κ1) is 13.9. The van der Waals surface area contributed by atoms with Crippen LogP contribution in [0.1, 0.15) is 47.0 Å². The third-order valence-electron chi connectivity index (χ3n) is 3.44. The second kappa shape index (κ2) is 6.58. The van der Waals surface area contributed by atoms with E-state index in [0.717, 1.165) is 39.1 Å². The lowest BCUT2D eigenvalue weighted by molar-refractivity contribution is -0.0797. The molecule has 3 unspecified atom stereocenters. The molecule has 3 heteroatoms. The van der Waals surface area contributed by atoms with Crippen molar-refractivity contribution in [2.45, 2.75) is 64.6 Å². The molecule has 1 rings (SSSR count). The van der Waals surface area contributed by atoms with E-state index >= 15 is 0 Å². The van der Waals surface area contributed by atoms with Gasteiger partial charge in [-0.1, -0.05) is 6.92 Å². The van der Waals surface area contributed by atoms with Crippen molar-refractivity contribution in [2.24, 2.45) is 0 Å². The molecule has 0 radical (unpaired) electrons. The zero-order valence-electron chi connectivity index (χ0n) is 11.2. The van der Waals surface area contributed by atoms with Crippen molar-refractivity contribution in [3.05, 3.63) is 0 Å². The van der Waals surface area contributed by atoms with Gasteiger partial charge in [-0.15, -0.1) is 0 Å². The zero-order valence-corrected chi connectivity index (χ0v) is 11.2. The monoisotopic (exact) mass is 229 g/mol. The molecule has 16 heavy (non-hydrogen) atoms. The van der Waals surface area contributed by atoms with Crippen molar-refractivity contribution in [3.8, 4) is 0 Å². The van der Waals surface area contributed by atoms with Gasteiger partial charge in [0.15, 0.2) is 0 Å². The van der Waals surface area contributed by atoms with Crippen LogP contribution in [0.5, 0.6) is 0 Å². The minimum absolute atomic E-state index is 0.0707. The van der Waals surface area contributed by atoms with Crippen LogP contribution in [0.4, 0.5) is 0 Å². The molecule has 1 aliphatic rings. The molecule has 0 spiro atoms. The Morgan fingerprint density at radius 3 is 2.88 bits per heavy atom.